The largest absolute Gasteiger partial charge is 0.478 e. The lowest BCUT2D eigenvalue weighted by Gasteiger charge is -2.16. The Morgan fingerprint density at radius 2 is 1.19 bits per heavy atom. The molecule has 0 aliphatic rings. The molecular formula is C18H22O8. The molecule has 142 valence electrons. The number of carboxylic acids is 4. The molecule has 8 heteroatoms. The molecule has 0 aromatic carbocycles. The molecule has 0 radical (unpaired) electrons. The first-order valence-electron chi connectivity index (χ1n) is 7.11. The van der Waals surface area contributed by atoms with Crippen LogP contribution in [0.2, 0.25) is 0 Å². The molecule has 0 fully saturated rings. The molecule has 26 heavy (non-hydrogen) atoms. The number of allylic oxidation sites excluding steroid dienone is 2. The highest BCUT2D eigenvalue weighted by atomic mass is 16.4. The van der Waals surface area contributed by atoms with Crippen molar-refractivity contribution in [1.29, 1.82) is 0 Å². The van der Waals surface area contributed by atoms with Crippen LogP contribution in [0.3, 0.4) is 0 Å². The lowest BCUT2D eigenvalue weighted by Crippen LogP contribution is -2.17. The van der Waals surface area contributed by atoms with Crippen LogP contribution in [-0.4, -0.2) is 44.3 Å². The summed E-state index contributed by atoms with van der Waals surface area (Å²) in [6.45, 7) is 14.7. The van der Waals surface area contributed by atoms with Crippen molar-refractivity contribution in [3.8, 4) is 0 Å². The van der Waals surface area contributed by atoms with E-state index in [2.05, 4.69) is 26.3 Å². The van der Waals surface area contributed by atoms with E-state index in [4.69, 9.17) is 20.4 Å². The molecular weight excluding hydrogens is 344 g/mol. The summed E-state index contributed by atoms with van der Waals surface area (Å²) in [6, 6.07) is 0. The standard InChI is InChI=1S/C12H14O6.C6H8O2/c1-6(10(13)14)4-9(8(3)12(17)18)5-7(2)11(15)16;1-3-4-5(2)6(7)8/h9H,1-5H2,(H,13,14)(H,15,16)(H,17,18);3-4H,1H2,2H3,(H,7,8)/b;5-4+. The molecule has 0 atom stereocenters. The van der Waals surface area contributed by atoms with Crippen molar-refractivity contribution in [2.45, 2.75) is 19.8 Å². The number of carboxylic acid groups (broad SMARTS) is 4. The number of carbonyl (C=O) groups is 4. The van der Waals surface area contributed by atoms with Crippen molar-refractivity contribution >= 4 is 23.9 Å². The lowest BCUT2D eigenvalue weighted by molar-refractivity contribution is -0.135. The van der Waals surface area contributed by atoms with E-state index in [1.807, 2.05) is 0 Å². The third kappa shape index (κ3) is 10.4. The molecule has 0 amide bonds. The van der Waals surface area contributed by atoms with E-state index in [9.17, 15) is 19.2 Å². The molecule has 0 aromatic heterocycles. The van der Waals surface area contributed by atoms with Gasteiger partial charge in [-0.25, -0.2) is 19.2 Å². The van der Waals surface area contributed by atoms with Crippen LogP contribution < -0.4 is 0 Å². The zero-order valence-electron chi connectivity index (χ0n) is 14.4. The van der Waals surface area contributed by atoms with Gasteiger partial charge in [-0.2, -0.15) is 0 Å². The Morgan fingerprint density at radius 3 is 1.38 bits per heavy atom. The van der Waals surface area contributed by atoms with Gasteiger partial charge in [0.05, 0.1) is 0 Å². The van der Waals surface area contributed by atoms with Gasteiger partial charge in [-0.15, -0.1) is 0 Å². The summed E-state index contributed by atoms with van der Waals surface area (Å²) in [4.78, 5) is 42.0. The molecule has 0 unspecified atom stereocenters. The second-order valence-electron chi connectivity index (χ2n) is 5.14. The first-order valence-corrected chi connectivity index (χ1v) is 7.11. The highest BCUT2D eigenvalue weighted by molar-refractivity contribution is 5.90. The van der Waals surface area contributed by atoms with E-state index < -0.39 is 29.8 Å². The Hall–Kier alpha value is -3.42. The van der Waals surface area contributed by atoms with Crippen LogP contribution >= 0.6 is 0 Å². The van der Waals surface area contributed by atoms with E-state index in [0.29, 0.717) is 5.57 Å². The summed E-state index contributed by atoms with van der Waals surface area (Å²) in [5, 5.41) is 34.4. The van der Waals surface area contributed by atoms with Crippen molar-refractivity contribution in [1.82, 2.24) is 0 Å². The normalized spacial score (nSPS) is 10.2. The predicted molar refractivity (Wildman–Crippen MR) is 94.6 cm³/mol. The van der Waals surface area contributed by atoms with Gasteiger partial charge in [-0.05, 0) is 25.7 Å². The van der Waals surface area contributed by atoms with Crippen LogP contribution in [0, 0.1) is 5.92 Å². The summed E-state index contributed by atoms with van der Waals surface area (Å²) in [5.41, 5.74) is -0.374. The predicted octanol–water partition coefficient (Wildman–Crippen LogP) is 2.51. The zero-order chi connectivity index (χ0) is 21.0. The third-order valence-electron chi connectivity index (χ3n) is 3.06. The molecule has 0 aliphatic heterocycles. The van der Waals surface area contributed by atoms with Crippen LogP contribution in [0.25, 0.3) is 0 Å². The van der Waals surface area contributed by atoms with Crippen LogP contribution in [0.5, 0.6) is 0 Å². The van der Waals surface area contributed by atoms with Crippen LogP contribution in [0.1, 0.15) is 19.8 Å². The Kier molecular flexibility index (Phi) is 11.5. The Bertz CT molecular complexity index is 639. The molecule has 0 spiro atoms. The third-order valence-corrected chi connectivity index (χ3v) is 3.06. The van der Waals surface area contributed by atoms with Gasteiger partial charge in [0.2, 0.25) is 0 Å². The van der Waals surface area contributed by atoms with Gasteiger partial charge in [-0.3, -0.25) is 0 Å². The number of hydrogen-bond acceptors (Lipinski definition) is 4. The molecule has 0 heterocycles. The monoisotopic (exact) mass is 366 g/mol. The fraction of sp³-hybridized carbons (Fsp3) is 0.222. The van der Waals surface area contributed by atoms with E-state index in [-0.39, 0.29) is 29.6 Å². The highest BCUT2D eigenvalue weighted by Crippen LogP contribution is 2.25. The van der Waals surface area contributed by atoms with Crippen molar-refractivity contribution in [2.75, 3.05) is 0 Å². The fourth-order valence-electron chi connectivity index (χ4n) is 1.51. The first kappa shape index (κ1) is 24.8. The van der Waals surface area contributed by atoms with Crippen LogP contribution in [0.4, 0.5) is 0 Å². The van der Waals surface area contributed by atoms with Crippen LogP contribution in [0.15, 0.2) is 60.8 Å². The average molecular weight is 366 g/mol. The molecule has 0 saturated heterocycles. The maximum atomic E-state index is 10.8. The van der Waals surface area contributed by atoms with Crippen molar-refractivity contribution < 1.29 is 39.6 Å². The summed E-state index contributed by atoms with van der Waals surface area (Å²) in [5.74, 6) is -5.59. The Morgan fingerprint density at radius 1 is 0.808 bits per heavy atom. The molecule has 0 bridgehead atoms. The minimum Gasteiger partial charge on any atom is -0.478 e. The number of rotatable bonds is 10. The Balaban J connectivity index is 0. The van der Waals surface area contributed by atoms with Gasteiger partial charge in [0.25, 0.3) is 0 Å². The average Bonchev–Trinajstić information content (AvgIpc) is 2.53. The SMILES string of the molecule is C=C(CC(CC(=C)C(=O)O)C(=C)C(=O)O)C(=O)O.C=C/C=C(\C)C(=O)O. The minimum atomic E-state index is -1.31. The van der Waals surface area contributed by atoms with Gasteiger partial charge < -0.3 is 20.4 Å². The summed E-state index contributed by atoms with van der Waals surface area (Å²) < 4.78 is 0. The van der Waals surface area contributed by atoms with E-state index in [1.165, 1.54) is 19.1 Å². The van der Waals surface area contributed by atoms with Gasteiger partial charge in [0.15, 0.2) is 0 Å². The second kappa shape index (κ2) is 12.0. The second-order valence-corrected chi connectivity index (χ2v) is 5.14. The lowest BCUT2D eigenvalue weighted by atomic mass is 9.87. The van der Waals surface area contributed by atoms with E-state index >= 15 is 0 Å². The van der Waals surface area contributed by atoms with Crippen molar-refractivity contribution in [2.24, 2.45) is 5.92 Å². The molecule has 4 N–H and O–H groups in total. The summed E-state index contributed by atoms with van der Waals surface area (Å²) in [7, 11) is 0. The Labute approximate surface area is 150 Å². The molecule has 0 saturated carbocycles. The van der Waals surface area contributed by atoms with Crippen molar-refractivity contribution in [3.63, 3.8) is 0 Å². The minimum absolute atomic E-state index is 0.188. The number of hydrogen-bond donors (Lipinski definition) is 4. The maximum Gasteiger partial charge on any atom is 0.331 e. The van der Waals surface area contributed by atoms with Gasteiger partial charge in [0, 0.05) is 22.3 Å². The quantitative estimate of drug-likeness (QED) is 0.340. The fourth-order valence-corrected chi connectivity index (χ4v) is 1.51. The molecule has 0 aromatic rings. The highest BCUT2D eigenvalue weighted by Gasteiger charge is 2.24. The molecule has 0 aliphatic carbocycles. The van der Waals surface area contributed by atoms with E-state index in [0.717, 1.165) is 0 Å². The first-order chi connectivity index (χ1) is 11.8. The molecule has 8 nitrogen and oxygen atoms in total. The smallest absolute Gasteiger partial charge is 0.331 e. The number of aliphatic carboxylic acids is 4. The van der Waals surface area contributed by atoms with E-state index in [1.54, 1.807) is 0 Å². The zero-order valence-corrected chi connectivity index (χ0v) is 14.4. The van der Waals surface area contributed by atoms with Crippen LogP contribution in [-0.2, 0) is 19.2 Å². The van der Waals surface area contributed by atoms with Crippen molar-refractivity contribution in [3.05, 3.63) is 60.8 Å². The van der Waals surface area contributed by atoms with Gasteiger partial charge in [-0.1, -0.05) is 38.5 Å². The summed E-state index contributed by atoms with van der Waals surface area (Å²) in [6.07, 6.45) is 2.52. The maximum absolute atomic E-state index is 10.8. The topological polar surface area (TPSA) is 149 Å². The van der Waals surface area contributed by atoms with Gasteiger partial charge in [0.1, 0.15) is 0 Å². The summed E-state index contributed by atoms with van der Waals surface area (Å²) >= 11 is 0. The van der Waals surface area contributed by atoms with Gasteiger partial charge >= 0.3 is 23.9 Å². The molecule has 0 rings (SSSR count).